The van der Waals surface area contributed by atoms with Crippen molar-refractivity contribution < 1.29 is 19.2 Å². The number of imide groups is 2. The zero-order chi connectivity index (χ0) is 23.8. The van der Waals surface area contributed by atoms with E-state index in [1.54, 1.807) is 29.1 Å². The van der Waals surface area contributed by atoms with Crippen molar-refractivity contribution in [3.05, 3.63) is 46.8 Å². The number of aromatic nitrogens is 2. The van der Waals surface area contributed by atoms with Crippen LogP contribution >= 0.6 is 0 Å². The first kappa shape index (κ1) is 21.8. The van der Waals surface area contributed by atoms with Crippen molar-refractivity contribution in [3.8, 4) is 6.07 Å². The Kier molecular flexibility index (Phi) is 5.59. The highest BCUT2D eigenvalue weighted by Gasteiger charge is 2.45. The van der Waals surface area contributed by atoms with Crippen molar-refractivity contribution in [2.75, 3.05) is 18.4 Å². The molecule has 4 amide bonds. The number of hydrogen-bond donors (Lipinski definition) is 3. The molecule has 1 unspecified atom stereocenters. The minimum Gasteiger partial charge on any atom is -0.380 e. The summed E-state index contributed by atoms with van der Waals surface area (Å²) in [6.07, 6.45) is 3.59. The van der Waals surface area contributed by atoms with E-state index in [1.807, 2.05) is 0 Å². The summed E-state index contributed by atoms with van der Waals surface area (Å²) >= 11 is 0. The maximum atomic E-state index is 13.2. The standard InChI is InChI=1S/C23H23N7O4/c24-10-18-13(12-27-30(18)14-6-8-25-9-7-14)11-26-16-3-1-2-15-20(16)23(34)29(22(15)33)17-4-5-19(31)28-21(17)32/h1-3,12,14,17,25-26H,4-9,11H2,(H,28,31,32). The third-order valence-corrected chi connectivity index (χ3v) is 6.57. The lowest BCUT2D eigenvalue weighted by Gasteiger charge is -2.27. The van der Waals surface area contributed by atoms with Crippen LogP contribution in [0.3, 0.4) is 0 Å². The Labute approximate surface area is 195 Å². The van der Waals surface area contributed by atoms with Crippen LogP contribution in [0.1, 0.15) is 63.7 Å². The Morgan fingerprint density at radius 1 is 1.12 bits per heavy atom. The zero-order valence-corrected chi connectivity index (χ0v) is 18.3. The molecule has 3 aliphatic rings. The van der Waals surface area contributed by atoms with Gasteiger partial charge in [-0.25, -0.2) is 0 Å². The molecule has 0 radical (unpaired) electrons. The molecule has 0 saturated carbocycles. The largest absolute Gasteiger partial charge is 0.380 e. The third-order valence-electron chi connectivity index (χ3n) is 6.57. The second-order valence-electron chi connectivity index (χ2n) is 8.58. The number of hydrogen-bond acceptors (Lipinski definition) is 8. The van der Waals surface area contributed by atoms with Gasteiger partial charge in [0.25, 0.3) is 11.8 Å². The van der Waals surface area contributed by atoms with E-state index in [4.69, 9.17) is 0 Å². The minimum absolute atomic E-state index is 0.0624. The van der Waals surface area contributed by atoms with Gasteiger partial charge in [0.1, 0.15) is 17.8 Å². The fourth-order valence-corrected chi connectivity index (χ4v) is 4.83. The Balaban J connectivity index is 1.38. The SMILES string of the molecule is N#Cc1c(CNc2cccc3c2C(=O)N(C2CCC(=O)NC2=O)C3=O)cnn1C1CCNCC1. The number of piperidine rings is 2. The predicted octanol–water partition coefficient (Wildman–Crippen LogP) is 0.693. The van der Waals surface area contributed by atoms with Gasteiger partial charge in [-0.15, -0.1) is 0 Å². The van der Waals surface area contributed by atoms with Gasteiger partial charge in [0, 0.05) is 24.2 Å². The van der Waals surface area contributed by atoms with Crippen molar-refractivity contribution in [2.45, 2.75) is 44.3 Å². The second-order valence-corrected chi connectivity index (χ2v) is 8.58. The van der Waals surface area contributed by atoms with Gasteiger partial charge in [-0.1, -0.05) is 6.07 Å². The minimum atomic E-state index is -1.02. The van der Waals surface area contributed by atoms with Crippen LogP contribution < -0.4 is 16.0 Å². The molecule has 0 bridgehead atoms. The van der Waals surface area contributed by atoms with Gasteiger partial charge in [-0.05, 0) is 44.5 Å². The first-order chi connectivity index (χ1) is 16.5. The summed E-state index contributed by atoms with van der Waals surface area (Å²) in [5, 5.41) is 22.8. The maximum absolute atomic E-state index is 13.2. The molecular formula is C23H23N7O4. The van der Waals surface area contributed by atoms with E-state index in [0.717, 1.165) is 30.8 Å². The molecule has 0 aliphatic carbocycles. The highest BCUT2D eigenvalue weighted by atomic mass is 16.2. The van der Waals surface area contributed by atoms with Crippen LogP contribution in [0.4, 0.5) is 5.69 Å². The number of nitriles is 1. The van der Waals surface area contributed by atoms with Gasteiger partial charge in [0.2, 0.25) is 11.8 Å². The summed E-state index contributed by atoms with van der Waals surface area (Å²) in [6, 6.07) is 6.26. The molecule has 1 atom stereocenters. The molecule has 1 aromatic heterocycles. The van der Waals surface area contributed by atoms with Gasteiger partial charge in [-0.3, -0.25) is 34.1 Å². The van der Waals surface area contributed by atoms with Crippen molar-refractivity contribution in [3.63, 3.8) is 0 Å². The van der Waals surface area contributed by atoms with Gasteiger partial charge in [0.15, 0.2) is 0 Å². The van der Waals surface area contributed by atoms with Crippen LogP contribution in [0.25, 0.3) is 0 Å². The number of anilines is 1. The zero-order valence-electron chi connectivity index (χ0n) is 18.3. The maximum Gasteiger partial charge on any atom is 0.264 e. The molecule has 3 aliphatic heterocycles. The van der Waals surface area contributed by atoms with E-state index in [-0.39, 0.29) is 36.6 Å². The average Bonchev–Trinajstić information content (AvgIpc) is 3.37. The van der Waals surface area contributed by atoms with Crippen LogP contribution in [0.5, 0.6) is 0 Å². The quantitative estimate of drug-likeness (QED) is 0.551. The molecule has 5 rings (SSSR count). The van der Waals surface area contributed by atoms with Crippen molar-refractivity contribution in [2.24, 2.45) is 0 Å². The van der Waals surface area contributed by atoms with Gasteiger partial charge in [0.05, 0.1) is 23.4 Å². The van der Waals surface area contributed by atoms with E-state index < -0.39 is 29.7 Å². The number of benzene rings is 1. The van der Waals surface area contributed by atoms with Crippen LogP contribution in [-0.2, 0) is 16.1 Å². The van der Waals surface area contributed by atoms with Crippen LogP contribution in [0.15, 0.2) is 24.4 Å². The number of amides is 4. The van der Waals surface area contributed by atoms with Crippen LogP contribution in [0, 0.1) is 11.3 Å². The predicted molar refractivity (Wildman–Crippen MR) is 119 cm³/mol. The topological polar surface area (TPSA) is 149 Å². The average molecular weight is 461 g/mol. The van der Waals surface area contributed by atoms with Crippen LogP contribution in [0.2, 0.25) is 0 Å². The lowest BCUT2D eigenvalue weighted by atomic mass is 10.0. The molecule has 11 heteroatoms. The molecule has 2 aromatic rings. The molecule has 2 saturated heterocycles. The molecular weight excluding hydrogens is 438 g/mol. The lowest BCUT2D eigenvalue weighted by molar-refractivity contribution is -0.136. The van der Waals surface area contributed by atoms with Gasteiger partial charge in [-0.2, -0.15) is 10.4 Å². The summed E-state index contributed by atoms with van der Waals surface area (Å²) in [4.78, 5) is 50.9. The number of nitrogens with zero attached hydrogens (tertiary/aromatic N) is 4. The molecule has 4 heterocycles. The Morgan fingerprint density at radius 2 is 1.91 bits per heavy atom. The summed E-state index contributed by atoms with van der Waals surface area (Å²) in [5.74, 6) is -2.21. The summed E-state index contributed by atoms with van der Waals surface area (Å²) in [6.45, 7) is 1.99. The molecule has 1 aromatic carbocycles. The molecule has 11 nitrogen and oxygen atoms in total. The fraction of sp³-hybridized carbons (Fsp3) is 0.391. The molecule has 3 N–H and O–H groups in total. The number of carbonyl (C=O) groups excluding carboxylic acids is 4. The Hall–Kier alpha value is -4.04. The third kappa shape index (κ3) is 3.62. The molecule has 0 spiro atoms. The summed E-state index contributed by atoms with van der Waals surface area (Å²) < 4.78 is 1.77. The van der Waals surface area contributed by atoms with E-state index in [1.165, 1.54) is 0 Å². The normalized spacial score (nSPS) is 20.8. The monoisotopic (exact) mass is 461 g/mol. The molecule has 34 heavy (non-hydrogen) atoms. The first-order valence-corrected chi connectivity index (χ1v) is 11.2. The number of nitrogens with one attached hydrogen (secondary N) is 3. The lowest BCUT2D eigenvalue weighted by Crippen LogP contribution is -2.54. The second kappa shape index (κ2) is 8.72. The Morgan fingerprint density at radius 3 is 2.65 bits per heavy atom. The van der Waals surface area contributed by atoms with E-state index in [0.29, 0.717) is 16.9 Å². The van der Waals surface area contributed by atoms with Gasteiger partial charge >= 0.3 is 0 Å². The van der Waals surface area contributed by atoms with E-state index in [2.05, 4.69) is 27.1 Å². The smallest absolute Gasteiger partial charge is 0.264 e. The Bertz CT molecular complexity index is 1240. The van der Waals surface area contributed by atoms with Crippen molar-refractivity contribution in [1.82, 2.24) is 25.3 Å². The first-order valence-electron chi connectivity index (χ1n) is 11.2. The van der Waals surface area contributed by atoms with E-state index in [9.17, 15) is 24.4 Å². The number of carbonyl (C=O) groups is 4. The molecule has 174 valence electrons. The van der Waals surface area contributed by atoms with E-state index >= 15 is 0 Å². The highest BCUT2D eigenvalue weighted by Crippen LogP contribution is 2.33. The van der Waals surface area contributed by atoms with Crippen molar-refractivity contribution in [1.29, 1.82) is 5.26 Å². The van der Waals surface area contributed by atoms with Crippen LogP contribution in [-0.4, -0.2) is 57.4 Å². The number of rotatable bonds is 5. The van der Waals surface area contributed by atoms with Crippen molar-refractivity contribution >= 4 is 29.3 Å². The number of fused-ring (bicyclic) bond motifs is 1. The highest BCUT2D eigenvalue weighted by molar-refractivity contribution is 6.25. The molecule has 2 fully saturated rings. The summed E-state index contributed by atoms with van der Waals surface area (Å²) in [7, 11) is 0. The summed E-state index contributed by atoms with van der Waals surface area (Å²) in [5.41, 5.74) is 1.98. The fourth-order valence-electron chi connectivity index (χ4n) is 4.83. The van der Waals surface area contributed by atoms with Gasteiger partial charge < -0.3 is 10.6 Å².